The number of anilines is 1. The highest BCUT2D eigenvalue weighted by Gasteiger charge is 2.07. The fourth-order valence-corrected chi connectivity index (χ4v) is 1.75. The normalized spacial score (nSPS) is 11.7. The Labute approximate surface area is 112 Å². The molecule has 100 valence electrons. The van der Waals surface area contributed by atoms with E-state index in [4.69, 9.17) is 4.84 Å². The maximum absolute atomic E-state index is 4.95. The van der Waals surface area contributed by atoms with Gasteiger partial charge in [0.25, 0.3) is 0 Å². The third kappa shape index (κ3) is 2.82. The molecule has 2 rings (SSSR count). The second-order valence-corrected chi connectivity index (χ2v) is 4.28. The van der Waals surface area contributed by atoms with Gasteiger partial charge in [0, 0.05) is 18.3 Å². The molecule has 0 radical (unpaired) electrons. The van der Waals surface area contributed by atoms with Crippen molar-refractivity contribution in [2.75, 3.05) is 12.6 Å². The Morgan fingerprint density at radius 1 is 1.21 bits per heavy atom. The standard InChI is InChI=1S/C14H18N4O/c1-10-11(2)18(3)14(16-13(10)17-19-4)15-12-8-6-5-7-9-12/h5-9H,1-4H3,(H,15,16,17). The van der Waals surface area contributed by atoms with Gasteiger partial charge < -0.3 is 4.57 Å². The SMILES string of the molecule is CONc1nc(=Nc2ccccc2)n(C)c(C)c1C. The van der Waals surface area contributed by atoms with Gasteiger partial charge in [-0.25, -0.2) is 10.5 Å². The first kappa shape index (κ1) is 13.3. The van der Waals surface area contributed by atoms with E-state index < -0.39 is 0 Å². The Morgan fingerprint density at radius 3 is 2.53 bits per heavy atom. The first-order valence-corrected chi connectivity index (χ1v) is 6.06. The number of rotatable bonds is 3. The zero-order valence-electron chi connectivity index (χ0n) is 11.6. The van der Waals surface area contributed by atoms with Crippen LogP contribution in [0.1, 0.15) is 11.3 Å². The minimum atomic E-state index is 0.633. The van der Waals surface area contributed by atoms with E-state index in [1.54, 1.807) is 7.11 Å². The summed E-state index contributed by atoms with van der Waals surface area (Å²) in [5, 5.41) is 0. The maximum atomic E-state index is 4.95. The first-order chi connectivity index (χ1) is 9.13. The summed E-state index contributed by atoms with van der Waals surface area (Å²) in [7, 11) is 3.52. The highest BCUT2D eigenvalue weighted by molar-refractivity contribution is 5.43. The molecule has 0 aliphatic heterocycles. The van der Waals surface area contributed by atoms with Crippen molar-refractivity contribution in [1.82, 2.24) is 9.55 Å². The van der Waals surface area contributed by atoms with Gasteiger partial charge in [0.2, 0.25) is 5.62 Å². The molecule has 2 aromatic rings. The van der Waals surface area contributed by atoms with Crippen molar-refractivity contribution in [3.63, 3.8) is 0 Å². The first-order valence-electron chi connectivity index (χ1n) is 6.06. The van der Waals surface area contributed by atoms with Gasteiger partial charge in [0.05, 0.1) is 12.8 Å². The summed E-state index contributed by atoms with van der Waals surface area (Å²) < 4.78 is 1.96. The van der Waals surface area contributed by atoms with Crippen LogP contribution in [-0.2, 0) is 11.9 Å². The fraction of sp³-hybridized carbons (Fsp3) is 0.286. The number of nitrogens with zero attached hydrogens (tertiary/aromatic N) is 3. The molecular formula is C14H18N4O. The van der Waals surface area contributed by atoms with Crippen LogP contribution in [0.2, 0.25) is 0 Å². The molecule has 0 fully saturated rings. The molecule has 0 spiro atoms. The zero-order valence-corrected chi connectivity index (χ0v) is 11.6. The molecule has 0 saturated carbocycles. The Bertz CT molecular complexity index is 632. The largest absolute Gasteiger partial charge is 0.317 e. The topological polar surface area (TPSA) is 51.4 Å². The lowest BCUT2D eigenvalue weighted by molar-refractivity contribution is 0.268. The van der Waals surface area contributed by atoms with Crippen LogP contribution >= 0.6 is 0 Å². The minimum Gasteiger partial charge on any atom is -0.317 e. The minimum absolute atomic E-state index is 0.633. The second-order valence-electron chi connectivity index (χ2n) is 4.28. The van der Waals surface area contributed by atoms with Crippen LogP contribution in [0.3, 0.4) is 0 Å². The molecular weight excluding hydrogens is 240 g/mol. The number of para-hydroxylation sites is 1. The van der Waals surface area contributed by atoms with Gasteiger partial charge in [-0.2, -0.15) is 4.98 Å². The van der Waals surface area contributed by atoms with Crippen molar-refractivity contribution in [2.24, 2.45) is 12.0 Å². The van der Waals surface area contributed by atoms with Crippen LogP contribution in [0.25, 0.3) is 0 Å². The molecule has 1 aromatic carbocycles. The number of benzene rings is 1. The van der Waals surface area contributed by atoms with Gasteiger partial charge in [-0.1, -0.05) is 18.2 Å². The van der Waals surface area contributed by atoms with Crippen LogP contribution in [0.5, 0.6) is 0 Å². The van der Waals surface area contributed by atoms with E-state index in [9.17, 15) is 0 Å². The van der Waals surface area contributed by atoms with E-state index in [1.807, 2.05) is 55.8 Å². The van der Waals surface area contributed by atoms with Crippen molar-refractivity contribution in [3.05, 3.63) is 47.2 Å². The lowest BCUT2D eigenvalue weighted by atomic mass is 10.2. The smallest absolute Gasteiger partial charge is 0.231 e. The van der Waals surface area contributed by atoms with Crippen LogP contribution in [0.15, 0.2) is 35.3 Å². The number of hydrogen-bond donors (Lipinski definition) is 1. The monoisotopic (exact) mass is 258 g/mol. The number of nitrogens with one attached hydrogen (secondary N) is 1. The molecule has 0 aliphatic carbocycles. The zero-order chi connectivity index (χ0) is 13.8. The van der Waals surface area contributed by atoms with Gasteiger partial charge in [0.1, 0.15) is 0 Å². The van der Waals surface area contributed by atoms with Crippen molar-refractivity contribution in [3.8, 4) is 0 Å². The van der Waals surface area contributed by atoms with Crippen LogP contribution < -0.4 is 11.1 Å². The quantitative estimate of drug-likeness (QED) is 0.859. The summed E-state index contributed by atoms with van der Waals surface area (Å²) in [5.41, 5.74) is 6.42. The molecule has 0 unspecified atom stereocenters. The summed E-state index contributed by atoms with van der Waals surface area (Å²) in [6, 6.07) is 9.76. The molecule has 0 saturated heterocycles. The Hall–Kier alpha value is -2.14. The molecule has 19 heavy (non-hydrogen) atoms. The maximum Gasteiger partial charge on any atom is 0.231 e. The highest BCUT2D eigenvalue weighted by Crippen LogP contribution is 2.13. The molecule has 0 amide bonds. The average molecular weight is 258 g/mol. The van der Waals surface area contributed by atoms with Crippen molar-refractivity contribution >= 4 is 11.5 Å². The van der Waals surface area contributed by atoms with Gasteiger partial charge in [-0.05, 0) is 26.0 Å². The molecule has 5 nitrogen and oxygen atoms in total. The summed E-state index contributed by atoms with van der Waals surface area (Å²) in [5.74, 6) is 0.688. The predicted molar refractivity (Wildman–Crippen MR) is 75.0 cm³/mol. The third-order valence-electron chi connectivity index (χ3n) is 3.10. The van der Waals surface area contributed by atoms with Crippen LogP contribution in [-0.4, -0.2) is 16.7 Å². The summed E-state index contributed by atoms with van der Waals surface area (Å²) >= 11 is 0. The van der Waals surface area contributed by atoms with Gasteiger partial charge in [-0.15, -0.1) is 0 Å². The van der Waals surface area contributed by atoms with E-state index >= 15 is 0 Å². The average Bonchev–Trinajstić information content (AvgIpc) is 2.43. The summed E-state index contributed by atoms with van der Waals surface area (Å²) in [6.07, 6.45) is 0. The van der Waals surface area contributed by atoms with Gasteiger partial charge >= 0.3 is 0 Å². The molecule has 0 aliphatic rings. The molecule has 0 atom stereocenters. The lowest BCUT2D eigenvalue weighted by Gasteiger charge is -2.12. The third-order valence-corrected chi connectivity index (χ3v) is 3.10. The predicted octanol–water partition coefficient (Wildman–Crippen LogP) is 2.24. The van der Waals surface area contributed by atoms with E-state index in [-0.39, 0.29) is 0 Å². The molecule has 1 N–H and O–H groups in total. The van der Waals surface area contributed by atoms with E-state index in [1.165, 1.54) is 0 Å². The second kappa shape index (κ2) is 5.67. The Balaban J connectivity index is 2.60. The Kier molecular flexibility index (Phi) is 3.97. The van der Waals surface area contributed by atoms with E-state index in [0.29, 0.717) is 11.4 Å². The lowest BCUT2D eigenvalue weighted by Crippen LogP contribution is -2.26. The van der Waals surface area contributed by atoms with E-state index in [0.717, 1.165) is 16.9 Å². The summed E-state index contributed by atoms with van der Waals surface area (Å²) in [6.45, 7) is 4.03. The summed E-state index contributed by atoms with van der Waals surface area (Å²) in [4.78, 5) is 14.0. The molecule has 1 aromatic heterocycles. The van der Waals surface area contributed by atoms with Gasteiger partial charge in [0.15, 0.2) is 5.82 Å². The highest BCUT2D eigenvalue weighted by atomic mass is 16.6. The van der Waals surface area contributed by atoms with Crippen molar-refractivity contribution in [2.45, 2.75) is 13.8 Å². The number of hydrogen-bond acceptors (Lipinski definition) is 4. The van der Waals surface area contributed by atoms with Crippen LogP contribution in [0, 0.1) is 13.8 Å². The fourth-order valence-electron chi connectivity index (χ4n) is 1.75. The Morgan fingerprint density at radius 2 is 1.89 bits per heavy atom. The van der Waals surface area contributed by atoms with Crippen molar-refractivity contribution in [1.29, 1.82) is 0 Å². The molecule has 0 bridgehead atoms. The van der Waals surface area contributed by atoms with E-state index in [2.05, 4.69) is 15.5 Å². The van der Waals surface area contributed by atoms with Crippen LogP contribution in [0.4, 0.5) is 11.5 Å². The number of aromatic nitrogens is 2. The molecule has 1 heterocycles. The molecule has 5 heteroatoms. The van der Waals surface area contributed by atoms with Crippen molar-refractivity contribution < 1.29 is 4.84 Å². The van der Waals surface area contributed by atoms with Gasteiger partial charge in [-0.3, -0.25) is 4.84 Å².